The third-order valence-electron chi connectivity index (χ3n) is 2.95. The van der Waals surface area contributed by atoms with Gasteiger partial charge in [0.1, 0.15) is 0 Å². The Bertz CT molecular complexity index is 476. The number of rotatable bonds is 0. The van der Waals surface area contributed by atoms with Gasteiger partial charge in [0.25, 0.3) is 0 Å². The summed E-state index contributed by atoms with van der Waals surface area (Å²) in [6.07, 6.45) is 1.74. The summed E-state index contributed by atoms with van der Waals surface area (Å²) in [6.45, 7) is 3.40. The molecule has 15 heavy (non-hydrogen) atoms. The van der Waals surface area contributed by atoms with Gasteiger partial charge in [0.05, 0.1) is 14.1 Å². The number of hydrogen-bond donors (Lipinski definition) is 0. The standard InChI is InChI=1S/C11H13N2O2/c1-6-7(2)11(15)9-8(10(6)14)12(3)5-13(9)4/h5H,1-4H3/q+1. The summed E-state index contributed by atoms with van der Waals surface area (Å²) in [6, 6.07) is 0. The lowest BCUT2D eigenvalue weighted by Crippen LogP contribution is -2.36. The lowest BCUT2D eigenvalue weighted by atomic mass is 9.92. The summed E-state index contributed by atoms with van der Waals surface area (Å²) in [4.78, 5) is 23.9. The van der Waals surface area contributed by atoms with E-state index in [0.29, 0.717) is 22.5 Å². The van der Waals surface area contributed by atoms with Crippen molar-refractivity contribution in [2.24, 2.45) is 14.1 Å². The molecule has 78 valence electrons. The quantitative estimate of drug-likeness (QED) is 0.581. The van der Waals surface area contributed by atoms with Crippen LogP contribution in [0.2, 0.25) is 0 Å². The Balaban J connectivity index is 2.81. The molecule has 0 amide bonds. The highest BCUT2D eigenvalue weighted by Crippen LogP contribution is 2.23. The topological polar surface area (TPSA) is 43.0 Å². The Morgan fingerprint density at radius 2 is 1.67 bits per heavy atom. The molecule has 0 saturated carbocycles. The number of nitrogens with zero attached hydrogens (tertiary/aromatic N) is 2. The molecule has 1 heterocycles. The summed E-state index contributed by atoms with van der Waals surface area (Å²) in [5, 5.41) is 0. The van der Waals surface area contributed by atoms with Gasteiger partial charge in [-0.2, -0.15) is 0 Å². The van der Waals surface area contributed by atoms with Crippen LogP contribution in [0.1, 0.15) is 34.8 Å². The van der Waals surface area contributed by atoms with Crippen molar-refractivity contribution in [1.82, 2.24) is 4.57 Å². The minimum atomic E-state index is -0.0507. The van der Waals surface area contributed by atoms with Crippen LogP contribution in [0.5, 0.6) is 0 Å². The molecule has 0 radical (unpaired) electrons. The van der Waals surface area contributed by atoms with E-state index in [1.807, 2.05) is 0 Å². The predicted octanol–water partition coefficient (Wildman–Crippen LogP) is 0.565. The van der Waals surface area contributed by atoms with Gasteiger partial charge in [-0.15, -0.1) is 0 Å². The molecule has 1 aromatic heterocycles. The molecule has 4 heteroatoms. The Kier molecular flexibility index (Phi) is 1.89. The molecule has 1 aliphatic rings. The predicted molar refractivity (Wildman–Crippen MR) is 53.6 cm³/mol. The largest absolute Gasteiger partial charge is 0.285 e. The zero-order valence-electron chi connectivity index (χ0n) is 9.29. The highest BCUT2D eigenvalue weighted by Gasteiger charge is 2.37. The van der Waals surface area contributed by atoms with Crippen molar-refractivity contribution in [3.05, 3.63) is 28.9 Å². The third kappa shape index (κ3) is 1.11. The van der Waals surface area contributed by atoms with E-state index in [1.54, 1.807) is 43.4 Å². The average molecular weight is 205 g/mol. The van der Waals surface area contributed by atoms with Gasteiger partial charge in [0.2, 0.25) is 29.3 Å². The maximum Gasteiger partial charge on any atom is 0.244 e. The van der Waals surface area contributed by atoms with Gasteiger partial charge >= 0.3 is 0 Å². The number of carbonyl (C=O) groups excluding carboxylic acids is 2. The van der Waals surface area contributed by atoms with Crippen molar-refractivity contribution in [2.45, 2.75) is 13.8 Å². The Morgan fingerprint density at radius 3 is 2.27 bits per heavy atom. The van der Waals surface area contributed by atoms with Crippen molar-refractivity contribution in [1.29, 1.82) is 0 Å². The van der Waals surface area contributed by atoms with Crippen LogP contribution in [0.15, 0.2) is 17.5 Å². The van der Waals surface area contributed by atoms with E-state index in [-0.39, 0.29) is 11.6 Å². The average Bonchev–Trinajstić information content (AvgIpc) is 2.47. The Morgan fingerprint density at radius 1 is 1.13 bits per heavy atom. The maximum absolute atomic E-state index is 12.0. The van der Waals surface area contributed by atoms with Gasteiger partial charge in [-0.05, 0) is 13.8 Å². The van der Waals surface area contributed by atoms with Crippen molar-refractivity contribution < 1.29 is 14.2 Å². The van der Waals surface area contributed by atoms with Gasteiger partial charge in [-0.25, -0.2) is 9.13 Å². The fourth-order valence-electron chi connectivity index (χ4n) is 1.94. The summed E-state index contributed by atoms with van der Waals surface area (Å²) in [5.74, 6) is -0.101. The minimum absolute atomic E-state index is 0.0507. The lowest BCUT2D eigenvalue weighted by Gasteiger charge is -2.10. The maximum atomic E-state index is 12.0. The second-order valence-electron chi connectivity index (χ2n) is 3.94. The van der Waals surface area contributed by atoms with Crippen LogP contribution in [0.3, 0.4) is 0 Å². The molecule has 2 rings (SSSR count). The number of aromatic nitrogens is 2. The van der Waals surface area contributed by atoms with Gasteiger partial charge in [-0.1, -0.05) is 0 Å². The summed E-state index contributed by atoms with van der Waals surface area (Å²) < 4.78 is 3.40. The second kappa shape index (κ2) is 2.89. The zero-order valence-corrected chi connectivity index (χ0v) is 9.29. The molecule has 0 fully saturated rings. The zero-order chi connectivity index (χ0) is 11.3. The number of aryl methyl sites for hydroxylation is 2. The number of imidazole rings is 1. The lowest BCUT2D eigenvalue weighted by molar-refractivity contribution is -0.672. The smallest absolute Gasteiger partial charge is 0.244 e. The van der Waals surface area contributed by atoms with Gasteiger partial charge in [-0.3, -0.25) is 9.59 Å². The highest BCUT2D eigenvalue weighted by molar-refractivity contribution is 6.24. The van der Waals surface area contributed by atoms with E-state index in [1.165, 1.54) is 0 Å². The molecule has 1 aromatic rings. The Labute approximate surface area is 87.8 Å². The van der Waals surface area contributed by atoms with Crippen molar-refractivity contribution in [3.63, 3.8) is 0 Å². The normalized spacial score (nSPS) is 16.0. The highest BCUT2D eigenvalue weighted by atomic mass is 16.1. The first-order valence-corrected chi connectivity index (χ1v) is 4.77. The van der Waals surface area contributed by atoms with Gasteiger partial charge in [0.15, 0.2) is 0 Å². The molecule has 0 atom stereocenters. The van der Waals surface area contributed by atoms with Crippen molar-refractivity contribution in [3.8, 4) is 0 Å². The first kappa shape index (κ1) is 9.83. The monoisotopic (exact) mass is 205 g/mol. The molecule has 0 saturated heterocycles. The fourth-order valence-corrected chi connectivity index (χ4v) is 1.94. The molecular weight excluding hydrogens is 192 g/mol. The molecule has 0 spiro atoms. The third-order valence-corrected chi connectivity index (χ3v) is 2.95. The molecule has 0 aliphatic heterocycles. The van der Waals surface area contributed by atoms with Gasteiger partial charge < -0.3 is 0 Å². The van der Waals surface area contributed by atoms with Crippen LogP contribution in [-0.2, 0) is 14.1 Å². The SMILES string of the molecule is CC1=C(C)C(=O)c2c(n(C)c[n+]2C)C1=O. The van der Waals surface area contributed by atoms with E-state index in [2.05, 4.69) is 0 Å². The number of ketones is 2. The van der Waals surface area contributed by atoms with E-state index in [0.717, 1.165) is 0 Å². The van der Waals surface area contributed by atoms with E-state index < -0.39 is 0 Å². The van der Waals surface area contributed by atoms with Crippen LogP contribution < -0.4 is 4.57 Å². The molecule has 0 unspecified atom stereocenters. The molecular formula is C11H13N2O2+. The van der Waals surface area contributed by atoms with E-state index in [9.17, 15) is 9.59 Å². The molecule has 0 bridgehead atoms. The number of carbonyl (C=O) groups is 2. The van der Waals surface area contributed by atoms with Crippen molar-refractivity contribution in [2.75, 3.05) is 0 Å². The van der Waals surface area contributed by atoms with Crippen molar-refractivity contribution >= 4 is 11.6 Å². The van der Waals surface area contributed by atoms with Gasteiger partial charge in [0, 0.05) is 11.1 Å². The first-order chi connectivity index (χ1) is 6.95. The fraction of sp³-hybridized carbons (Fsp3) is 0.364. The van der Waals surface area contributed by atoms with E-state index in [4.69, 9.17) is 0 Å². The number of allylic oxidation sites excluding steroid dienone is 2. The van der Waals surface area contributed by atoms with Crippen LogP contribution in [0.25, 0.3) is 0 Å². The second-order valence-corrected chi connectivity index (χ2v) is 3.94. The Hall–Kier alpha value is -1.71. The minimum Gasteiger partial charge on any atom is -0.285 e. The van der Waals surface area contributed by atoms with Crippen LogP contribution in [-0.4, -0.2) is 16.1 Å². The van der Waals surface area contributed by atoms with Crippen LogP contribution in [0.4, 0.5) is 0 Å². The van der Waals surface area contributed by atoms with E-state index >= 15 is 0 Å². The summed E-state index contributed by atoms with van der Waals surface area (Å²) in [7, 11) is 3.55. The number of Topliss-reactive ketones (excluding diaryl/α,β-unsaturated/α-hetero) is 2. The summed E-state index contributed by atoms with van der Waals surface area (Å²) >= 11 is 0. The molecule has 0 aromatic carbocycles. The number of fused-ring (bicyclic) bond motifs is 1. The van der Waals surface area contributed by atoms with Crippen LogP contribution >= 0.6 is 0 Å². The number of hydrogen-bond acceptors (Lipinski definition) is 2. The molecule has 0 N–H and O–H groups in total. The van der Waals surface area contributed by atoms with Crippen LogP contribution in [0, 0.1) is 0 Å². The molecule has 1 aliphatic carbocycles. The first-order valence-electron chi connectivity index (χ1n) is 4.77. The summed E-state index contributed by atoms with van der Waals surface area (Å²) in [5.41, 5.74) is 2.08. The molecule has 4 nitrogen and oxygen atoms in total.